The van der Waals surface area contributed by atoms with Crippen LogP contribution < -0.4 is 10.5 Å². The molecular formula is C10H13NO2. The van der Waals surface area contributed by atoms with Crippen molar-refractivity contribution < 1.29 is 9.84 Å². The number of methoxy groups -OCH3 is 1. The molecule has 13 heavy (non-hydrogen) atoms. The van der Waals surface area contributed by atoms with Crippen LogP contribution in [0.4, 0.5) is 0 Å². The number of ether oxygens (including phenoxy) is 1. The molecular weight excluding hydrogens is 166 g/mol. The third kappa shape index (κ3) is 2.49. The van der Waals surface area contributed by atoms with Gasteiger partial charge in [-0.3, -0.25) is 0 Å². The highest BCUT2D eigenvalue weighted by molar-refractivity contribution is 5.55. The van der Waals surface area contributed by atoms with Crippen LogP contribution in [0, 0.1) is 0 Å². The summed E-state index contributed by atoms with van der Waals surface area (Å²) in [4.78, 5) is 0. The summed E-state index contributed by atoms with van der Waals surface area (Å²) in [5.41, 5.74) is 6.27. The van der Waals surface area contributed by atoms with Crippen LogP contribution in [0.25, 0.3) is 6.08 Å². The van der Waals surface area contributed by atoms with Crippen LogP contribution in [0.2, 0.25) is 0 Å². The maximum absolute atomic E-state index is 9.29. The van der Waals surface area contributed by atoms with Crippen molar-refractivity contribution in [2.75, 3.05) is 13.7 Å². The number of hydrogen-bond acceptors (Lipinski definition) is 3. The topological polar surface area (TPSA) is 55.5 Å². The van der Waals surface area contributed by atoms with Crippen LogP contribution in [-0.2, 0) is 0 Å². The molecule has 3 N–H and O–H groups in total. The van der Waals surface area contributed by atoms with E-state index in [1.165, 1.54) is 7.11 Å². The Kier molecular flexibility index (Phi) is 3.34. The van der Waals surface area contributed by atoms with Gasteiger partial charge in [0.05, 0.1) is 7.11 Å². The number of phenols is 1. The highest BCUT2D eigenvalue weighted by atomic mass is 16.5. The highest BCUT2D eigenvalue weighted by Crippen LogP contribution is 2.26. The minimum absolute atomic E-state index is 0.146. The molecule has 0 saturated carbocycles. The summed E-state index contributed by atoms with van der Waals surface area (Å²) in [6.07, 6.45) is 3.72. The quantitative estimate of drug-likeness (QED) is 0.736. The number of phenolic OH excluding ortho intramolecular Hbond substituents is 1. The molecule has 3 nitrogen and oxygen atoms in total. The van der Waals surface area contributed by atoms with Gasteiger partial charge < -0.3 is 15.6 Å². The van der Waals surface area contributed by atoms with Gasteiger partial charge in [-0.05, 0) is 17.7 Å². The van der Waals surface area contributed by atoms with Gasteiger partial charge in [-0.1, -0.05) is 18.2 Å². The molecule has 0 heterocycles. The molecule has 1 rings (SSSR count). The summed E-state index contributed by atoms with van der Waals surface area (Å²) >= 11 is 0. The monoisotopic (exact) mass is 179 g/mol. The lowest BCUT2D eigenvalue weighted by molar-refractivity contribution is 0.373. The first-order valence-corrected chi connectivity index (χ1v) is 4.01. The maximum Gasteiger partial charge on any atom is 0.161 e. The van der Waals surface area contributed by atoms with Gasteiger partial charge in [0.2, 0.25) is 0 Å². The van der Waals surface area contributed by atoms with Crippen molar-refractivity contribution in [3.05, 3.63) is 29.8 Å². The zero-order valence-corrected chi connectivity index (χ0v) is 7.53. The predicted molar refractivity (Wildman–Crippen MR) is 52.7 cm³/mol. The lowest BCUT2D eigenvalue weighted by Crippen LogP contribution is -1.92. The van der Waals surface area contributed by atoms with Crippen molar-refractivity contribution in [2.45, 2.75) is 0 Å². The standard InChI is InChI=1S/C10H13NO2/c1-13-10-7-8(3-2-6-11)4-5-9(10)12/h2-5,7,12H,6,11H2,1H3/b3-2+. The zero-order valence-electron chi connectivity index (χ0n) is 7.53. The lowest BCUT2D eigenvalue weighted by atomic mass is 10.2. The van der Waals surface area contributed by atoms with Crippen molar-refractivity contribution in [3.8, 4) is 11.5 Å². The fraction of sp³-hybridized carbons (Fsp3) is 0.200. The molecule has 0 spiro atoms. The van der Waals surface area contributed by atoms with Gasteiger partial charge in [-0.2, -0.15) is 0 Å². The fourth-order valence-electron chi connectivity index (χ4n) is 1.00. The van der Waals surface area contributed by atoms with Gasteiger partial charge in [0.25, 0.3) is 0 Å². The van der Waals surface area contributed by atoms with Crippen LogP contribution in [0.5, 0.6) is 11.5 Å². The number of aromatic hydroxyl groups is 1. The van der Waals surface area contributed by atoms with E-state index in [2.05, 4.69) is 0 Å². The Morgan fingerprint density at radius 1 is 1.54 bits per heavy atom. The normalized spacial score (nSPS) is 10.6. The van der Waals surface area contributed by atoms with Crippen molar-refractivity contribution >= 4 is 6.08 Å². The van der Waals surface area contributed by atoms with Crippen LogP contribution in [0.1, 0.15) is 5.56 Å². The molecule has 0 bridgehead atoms. The third-order valence-electron chi connectivity index (χ3n) is 1.65. The summed E-state index contributed by atoms with van der Waals surface area (Å²) in [6, 6.07) is 5.14. The third-order valence-corrected chi connectivity index (χ3v) is 1.65. The Labute approximate surface area is 77.4 Å². The second kappa shape index (κ2) is 4.52. The van der Waals surface area contributed by atoms with E-state index in [1.807, 2.05) is 12.2 Å². The number of hydrogen-bond donors (Lipinski definition) is 2. The molecule has 0 unspecified atom stereocenters. The second-order valence-corrected chi connectivity index (χ2v) is 2.57. The first-order chi connectivity index (χ1) is 6.27. The second-order valence-electron chi connectivity index (χ2n) is 2.57. The van der Waals surface area contributed by atoms with Gasteiger partial charge in [-0.15, -0.1) is 0 Å². The van der Waals surface area contributed by atoms with E-state index in [4.69, 9.17) is 10.5 Å². The fourth-order valence-corrected chi connectivity index (χ4v) is 1.00. The SMILES string of the molecule is COc1cc(/C=C/CN)ccc1O. The van der Waals surface area contributed by atoms with Crippen LogP contribution in [0.3, 0.4) is 0 Å². The van der Waals surface area contributed by atoms with E-state index in [0.717, 1.165) is 5.56 Å². The van der Waals surface area contributed by atoms with Gasteiger partial charge in [0.15, 0.2) is 11.5 Å². The molecule has 0 aliphatic rings. The van der Waals surface area contributed by atoms with Crippen molar-refractivity contribution in [1.29, 1.82) is 0 Å². The Bertz CT molecular complexity index is 308. The van der Waals surface area contributed by atoms with Gasteiger partial charge in [-0.25, -0.2) is 0 Å². The molecule has 1 aromatic carbocycles. The largest absolute Gasteiger partial charge is 0.504 e. The van der Waals surface area contributed by atoms with E-state index in [1.54, 1.807) is 18.2 Å². The molecule has 0 amide bonds. The number of nitrogens with two attached hydrogens (primary N) is 1. The molecule has 0 saturated heterocycles. The predicted octanol–water partition coefficient (Wildman–Crippen LogP) is 1.37. The average molecular weight is 179 g/mol. The molecule has 3 heteroatoms. The Morgan fingerprint density at radius 3 is 2.92 bits per heavy atom. The lowest BCUT2D eigenvalue weighted by Gasteiger charge is -2.03. The average Bonchev–Trinajstić information content (AvgIpc) is 2.16. The van der Waals surface area contributed by atoms with E-state index in [9.17, 15) is 5.11 Å². The summed E-state index contributed by atoms with van der Waals surface area (Å²) in [7, 11) is 1.52. The molecule has 0 aliphatic heterocycles. The Morgan fingerprint density at radius 2 is 2.31 bits per heavy atom. The molecule has 0 fully saturated rings. The highest BCUT2D eigenvalue weighted by Gasteiger charge is 1.99. The first kappa shape index (κ1) is 9.61. The minimum Gasteiger partial charge on any atom is -0.504 e. The zero-order chi connectivity index (χ0) is 9.68. The molecule has 0 aromatic heterocycles. The first-order valence-electron chi connectivity index (χ1n) is 4.01. The molecule has 1 aromatic rings. The van der Waals surface area contributed by atoms with Crippen LogP contribution in [0.15, 0.2) is 24.3 Å². The minimum atomic E-state index is 0.146. The summed E-state index contributed by atoms with van der Waals surface area (Å²) in [5, 5.41) is 9.29. The number of benzene rings is 1. The van der Waals surface area contributed by atoms with Gasteiger partial charge in [0.1, 0.15) is 0 Å². The summed E-state index contributed by atoms with van der Waals surface area (Å²) in [6.45, 7) is 0.503. The molecule has 0 atom stereocenters. The Hall–Kier alpha value is -1.48. The Balaban J connectivity index is 2.92. The molecule has 0 aliphatic carbocycles. The number of rotatable bonds is 3. The molecule has 0 radical (unpaired) electrons. The van der Waals surface area contributed by atoms with Gasteiger partial charge in [0, 0.05) is 6.54 Å². The van der Waals surface area contributed by atoms with E-state index in [0.29, 0.717) is 12.3 Å². The maximum atomic E-state index is 9.29. The molecule has 70 valence electrons. The summed E-state index contributed by atoms with van der Waals surface area (Å²) in [5.74, 6) is 0.617. The smallest absolute Gasteiger partial charge is 0.161 e. The van der Waals surface area contributed by atoms with Crippen molar-refractivity contribution in [2.24, 2.45) is 5.73 Å². The van der Waals surface area contributed by atoms with Crippen LogP contribution >= 0.6 is 0 Å². The summed E-state index contributed by atoms with van der Waals surface area (Å²) < 4.78 is 4.95. The van der Waals surface area contributed by atoms with Crippen molar-refractivity contribution in [3.63, 3.8) is 0 Å². The van der Waals surface area contributed by atoms with Crippen molar-refractivity contribution in [1.82, 2.24) is 0 Å². The van der Waals surface area contributed by atoms with Crippen LogP contribution in [-0.4, -0.2) is 18.8 Å². The van der Waals surface area contributed by atoms with E-state index < -0.39 is 0 Å². The van der Waals surface area contributed by atoms with E-state index in [-0.39, 0.29) is 5.75 Å². The van der Waals surface area contributed by atoms with Gasteiger partial charge >= 0.3 is 0 Å². The van der Waals surface area contributed by atoms with E-state index >= 15 is 0 Å².